The Balaban J connectivity index is 2.06. The van der Waals surface area contributed by atoms with Crippen molar-refractivity contribution < 1.29 is 14.2 Å². The van der Waals surface area contributed by atoms with Crippen molar-refractivity contribution in [2.24, 2.45) is 0 Å². The predicted molar refractivity (Wildman–Crippen MR) is 66.1 cm³/mol. The van der Waals surface area contributed by atoms with Crippen LogP contribution in [0.4, 0.5) is 11.4 Å². The molecule has 2 rings (SSSR count). The lowest BCUT2D eigenvalue weighted by Crippen LogP contribution is -2.08. The number of anilines is 1. The Morgan fingerprint density at radius 1 is 1.53 bits per heavy atom. The zero-order valence-electron chi connectivity index (χ0n) is 10.2. The van der Waals surface area contributed by atoms with E-state index in [-0.39, 0.29) is 5.69 Å². The van der Waals surface area contributed by atoms with Crippen LogP contribution in [0.1, 0.15) is 5.82 Å². The lowest BCUT2D eigenvalue weighted by atomic mass is 10.2. The molecule has 100 valence electrons. The Bertz CT molecular complexity index is 556. The summed E-state index contributed by atoms with van der Waals surface area (Å²) < 4.78 is 9.64. The van der Waals surface area contributed by atoms with E-state index in [1.807, 2.05) is 0 Å². The second-order valence-electron chi connectivity index (χ2n) is 3.66. The minimum absolute atomic E-state index is 0.00564. The zero-order chi connectivity index (χ0) is 13.7. The third kappa shape index (κ3) is 3.18. The highest BCUT2D eigenvalue weighted by Gasteiger charge is 2.14. The van der Waals surface area contributed by atoms with Crippen LogP contribution in [0.2, 0.25) is 0 Å². The summed E-state index contributed by atoms with van der Waals surface area (Å²) in [6.45, 7) is 0.452. The molecule has 0 aliphatic carbocycles. The van der Waals surface area contributed by atoms with E-state index in [0.29, 0.717) is 30.2 Å². The maximum Gasteiger partial charge on any atom is 0.292 e. The molecule has 1 N–H and O–H groups in total. The second-order valence-corrected chi connectivity index (χ2v) is 3.66. The molecule has 8 heteroatoms. The number of nitro groups is 1. The largest absolute Gasteiger partial charge is 0.497 e. The summed E-state index contributed by atoms with van der Waals surface area (Å²) in [5.41, 5.74) is 0.391. The Kier molecular flexibility index (Phi) is 3.91. The fourth-order valence-corrected chi connectivity index (χ4v) is 1.55. The van der Waals surface area contributed by atoms with Gasteiger partial charge in [0.05, 0.1) is 12.0 Å². The Morgan fingerprint density at radius 3 is 3.00 bits per heavy atom. The van der Waals surface area contributed by atoms with Gasteiger partial charge in [0.2, 0.25) is 6.39 Å². The predicted octanol–water partition coefficient (Wildman–Crippen LogP) is 1.64. The number of ether oxygens (including phenoxy) is 1. The van der Waals surface area contributed by atoms with Crippen LogP contribution < -0.4 is 10.1 Å². The first-order valence-electron chi connectivity index (χ1n) is 5.52. The SMILES string of the molecule is COc1ccc([N+](=O)[O-])c(NCCc2ncon2)c1. The Labute approximate surface area is 108 Å². The number of nitrogens with one attached hydrogen (secondary N) is 1. The van der Waals surface area contributed by atoms with E-state index in [0.717, 1.165) is 0 Å². The number of hydrogen-bond donors (Lipinski definition) is 1. The standard InChI is InChI=1S/C11H12N4O4/c1-18-8-2-3-10(15(16)17)9(6-8)12-5-4-11-13-7-19-14-11/h2-3,6-7,12H,4-5H2,1H3. The maximum atomic E-state index is 10.9. The number of hydrogen-bond acceptors (Lipinski definition) is 7. The van der Waals surface area contributed by atoms with Gasteiger partial charge in [0, 0.05) is 25.1 Å². The molecule has 1 aromatic carbocycles. The van der Waals surface area contributed by atoms with Crippen LogP contribution in [-0.4, -0.2) is 28.7 Å². The molecule has 0 atom stereocenters. The second kappa shape index (κ2) is 5.80. The summed E-state index contributed by atoms with van der Waals surface area (Å²) in [6, 6.07) is 4.52. The fraction of sp³-hybridized carbons (Fsp3) is 0.273. The van der Waals surface area contributed by atoms with Crippen LogP contribution in [0.15, 0.2) is 29.1 Å². The van der Waals surface area contributed by atoms with Crippen LogP contribution in [0.25, 0.3) is 0 Å². The van der Waals surface area contributed by atoms with Crippen molar-refractivity contribution in [3.8, 4) is 5.75 Å². The smallest absolute Gasteiger partial charge is 0.292 e. The molecule has 0 saturated carbocycles. The van der Waals surface area contributed by atoms with E-state index in [1.54, 1.807) is 12.1 Å². The summed E-state index contributed by atoms with van der Waals surface area (Å²) in [5.74, 6) is 1.09. The third-order valence-electron chi connectivity index (χ3n) is 2.47. The summed E-state index contributed by atoms with van der Waals surface area (Å²) >= 11 is 0. The van der Waals surface area contributed by atoms with Gasteiger partial charge in [-0.25, -0.2) is 0 Å². The highest BCUT2D eigenvalue weighted by atomic mass is 16.6. The molecule has 0 unspecified atom stereocenters. The maximum absolute atomic E-state index is 10.9. The number of nitro benzene ring substituents is 1. The average molecular weight is 264 g/mol. The van der Waals surface area contributed by atoms with Crippen molar-refractivity contribution in [1.82, 2.24) is 10.1 Å². The zero-order valence-corrected chi connectivity index (χ0v) is 10.2. The molecule has 0 saturated heterocycles. The van der Waals surface area contributed by atoms with E-state index in [4.69, 9.17) is 4.74 Å². The molecule has 0 bridgehead atoms. The molecule has 0 spiro atoms. The lowest BCUT2D eigenvalue weighted by molar-refractivity contribution is -0.384. The molecule has 1 aromatic heterocycles. The van der Waals surface area contributed by atoms with Crippen molar-refractivity contribution in [2.45, 2.75) is 6.42 Å². The molecular weight excluding hydrogens is 252 g/mol. The van der Waals surface area contributed by atoms with E-state index in [2.05, 4.69) is 20.0 Å². The minimum Gasteiger partial charge on any atom is -0.497 e. The van der Waals surface area contributed by atoms with Gasteiger partial charge < -0.3 is 14.6 Å². The van der Waals surface area contributed by atoms with Gasteiger partial charge in [-0.15, -0.1) is 0 Å². The van der Waals surface area contributed by atoms with Crippen LogP contribution in [0.5, 0.6) is 5.75 Å². The van der Waals surface area contributed by atoms with Crippen LogP contribution >= 0.6 is 0 Å². The van der Waals surface area contributed by atoms with Crippen molar-refractivity contribution in [1.29, 1.82) is 0 Å². The van der Waals surface area contributed by atoms with Gasteiger partial charge in [0.25, 0.3) is 5.69 Å². The van der Waals surface area contributed by atoms with Crippen molar-refractivity contribution in [3.63, 3.8) is 0 Å². The highest BCUT2D eigenvalue weighted by molar-refractivity contribution is 5.64. The van der Waals surface area contributed by atoms with Crippen molar-refractivity contribution >= 4 is 11.4 Å². The molecule has 19 heavy (non-hydrogen) atoms. The summed E-state index contributed by atoms with van der Waals surface area (Å²) in [4.78, 5) is 14.3. The molecule has 0 fully saturated rings. The van der Waals surface area contributed by atoms with E-state index in [9.17, 15) is 10.1 Å². The van der Waals surface area contributed by atoms with Crippen molar-refractivity contribution in [3.05, 3.63) is 40.5 Å². The quantitative estimate of drug-likeness (QED) is 0.624. The number of aromatic nitrogens is 2. The number of benzene rings is 1. The van der Waals surface area contributed by atoms with Crippen molar-refractivity contribution in [2.75, 3.05) is 19.0 Å². The van der Waals surface area contributed by atoms with Gasteiger partial charge >= 0.3 is 0 Å². The van der Waals surface area contributed by atoms with Gasteiger partial charge in [0.1, 0.15) is 11.4 Å². The first-order chi connectivity index (χ1) is 9.20. The van der Waals surface area contributed by atoms with E-state index < -0.39 is 4.92 Å². The van der Waals surface area contributed by atoms with Gasteiger partial charge in [-0.1, -0.05) is 5.16 Å². The minimum atomic E-state index is -0.448. The fourth-order valence-electron chi connectivity index (χ4n) is 1.55. The normalized spacial score (nSPS) is 10.2. The molecule has 2 aromatic rings. The van der Waals surface area contributed by atoms with Crippen LogP contribution in [0.3, 0.4) is 0 Å². The molecule has 0 aliphatic rings. The van der Waals surface area contributed by atoms with Crippen LogP contribution in [-0.2, 0) is 6.42 Å². The average Bonchev–Trinajstić information content (AvgIpc) is 2.91. The molecule has 0 aliphatic heterocycles. The van der Waals surface area contributed by atoms with Gasteiger partial charge in [-0.2, -0.15) is 4.98 Å². The first-order valence-corrected chi connectivity index (χ1v) is 5.52. The Morgan fingerprint density at radius 2 is 2.37 bits per heavy atom. The first kappa shape index (κ1) is 12.8. The Hall–Kier alpha value is -2.64. The van der Waals surface area contributed by atoms with E-state index >= 15 is 0 Å². The molecular formula is C11H12N4O4. The van der Waals surface area contributed by atoms with Gasteiger partial charge in [-0.05, 0) is 6.07 Å². The summed E-state index contributed by atoms with van der Waals surface area (Å²) in [5, 5.41) is 17.5. The highest BCUT2D eigenvalue weighted by Crippen LogP contribution is 2.28. The summed E-state index contributed by atoms with van der Waals surface area (Å²) in [6.07, 6.45) is 1.74. The number of rotatable bonds is 6. The van der Waals surface area contributed by atoms with E-state index in [1.165, 1.54) is 19.6 Å². The third-order valence-corrected chi connectivity index (χ3v) is 2.47. The van der Waals surface area contributed by atoms with Gasteiger partial charge in [-0.3, -0.25) is 10.1 Å². The number of methoxy groups -OCH3 is 1. The lowest BCUT2D eigenvalue weighted by Gasteiger charge is -2.07. The topological polar surface area (TPSA) is 103 Å². The van der Waals surface area contributed by atoms with Gasteiger partial charge in [0.15, 0.2) is 5.82 Å². The molecule has 8 nitrogen and oxygen atoms in total. The molecule has 1 heterocycles. The molecule has 0 amide bonds. The van der Waals surface area contributed by atoms with Crippen LogP contribution in [0, 0.1) is 10.1 Å². The number of nitrogens with zero attached hydrogens (tertiary/aromatic N) is 3. The molecule has 0 radical (unpaired) electrons. The monoisotopic (exact) mass is 264 g/mol. The summed E-state index contributed by atoms with van der Waals surface area (Å²) in [7, 11) is 1.50.